The summed E-state index contributed by atoms with van der Waals surface area (Å²) >= 11 is 26.0. The molecule has 0 unspecified atom stereocenters. The molecule has 0 spiro atoms. The molecule has 0 saturated heterocycles. The summed E-state index contributed by atoms with van der Waals surface area (Å²) in [5.74, 6) is 3.75. The van der Waals surface area contributed by atoms with Crippen molar-refractivity contribution in [3.05, 3.63) is 349 Å². The Morgan fingerprint density at radius 2 is 0.484 bits per heavy atom. The zero-order chi connectivity index (χ0) is 85.0. The lowest BCUT2D eigenvalue weighted by molar-refractivity contribution is 0.383. The van der Waals surface area contributed by atoms with E-state index in [1.165, 1.54) is 96.6 Å². The molecule has 0 aromatic heterocycles. The Labute approximate surface area is 743 Å². The predicted octanol–water partition coefficient (Wildman–Crippen LogP) is 23.9. The maximum atomic E-state index is 6.90. The van der Waals surface area contributed by atoms with Crippen molar-refractivity contribution >= 4 is 146 Å². The van der Waals surface area contributed by atoms with Gasteiger partial charge in [-0.1, -0.05) is 248 Å². The van der Waals surface area contributed by atoms with E-state index >= 15 is 0 Å². The summed E-state index contributed by atoms with van der Waals surface area (Å²) in [4.78, 5) is 0. The maximum Gasteiger partial charge on any atom is 0.490 e. The highest BCUT2D eigenvalue weighted by atomic mass is 32.5. The monoisotopic (exact) mass is 1810 g/mol. The van der Waals surface area contributed by atoms with E-state index in [2.05, 4.69) is 159 Å². The van der Waals surface area contributed by atoms with Gasteiger partial charge in [0, 0.05) is 51.8 Å². The van der Waals surface area contributed by atoms with Crippen molar-refractivity contribution in [1.29, 1.82) is 0 Å². The first-order valence-electron chi connectivity index (χ1n) is 41.1. The van der Waals surface area contributed by atoms with E-state index in [1.807, 2.05) is 170 Å². The molecular weight excluding hydrogens is 1710 g/mol. The van der Waals surface area contributed by atoms with Crippen molar-refractivity contribution in [3.63, 3.8) is 0 Å². The van der Waals surface area contributed by atoms with Gasteiger partial charge in [0.25, 0.3) is 0 Å². The zero-order valence-corrected chi connectivity index (χ0v) is 78.0. The molecular formula is C96H102N8O8P6S4. The highest BCUT2D eigenvalue weighted by Gasteiger charge is 2.34. The van der Waals surface area contributed by atoms with E-state index in [9.17, 15) is 0 Å². The summed E-state index contributed by atoms with van der Waals surface area (Å²) in [6, 6.07) is 104. The maximum absolute atomic E-state index is 6.90. The summed E-state index contributed by atoms with van der Waals surface area (Å²) in [5.41, 5.74) is 5.37. The molecule has 0 atom stereocenters. The van der Waals surface area contributed by atoms with Crippen molar-refractivity contribution in [1.82, 2.24) is 19.1 Å². The topological polar surface area (TPSA) is 136 Å². The van der Waals surface area contributed by atoms with Crippen LogP contribution in [-0.2, 0) is 60.1 Å². The Balaban J connectivity index is 0.828. The van der Waals surface area contributed by atoms with Gasteiger partial charge in [0.1, 0.15) is 46.0 Å². The van der Waals surface area contributed by atoms with Crippen molar-refractivity contribution in [3.8, 4) is 46.0 Å². The molecule has 7 aliphatic heterocycles. The van der Waals surface area contributed by atoms with Crippen LogP contribution in [0, 0.1) is 0 Å². The van der Waals surface area contributed by atoms with E-state index in [1.54, 1.807) is 72.2 Å². The van der Waals surface area contributed by atoms with E-state index in [0.717, 1.165) is 58.5 Å². The van der Waals surface area contributed by atoms with E-state index in [-0.39, 0.29) is 0 Å². The Morgan fingerprint density at radius 3 is 0.738 bits per heavy atom. The molecule has 12 aromatic carbocycles. The van der Waals surface area contributed by atoms with Gasteiger partial charge in [0.05, 0.1) is 24.9 Å². The molecule has 7 heterocycles. The van der Waals surface area contributed by atoms with Crippen LogP contribution in [0.4, 0.5) is 0 Å². The fourth-order valence-corrected chi connectivity index (χ4v) is 25.6. The lowest BCUT2D eigenvalue weighted by Gasteiger charge is -2.34. The van der Waals surface area contributed by atoms with Gasteiger partial charge in [-0.3, -0.25) is 0 Å². The van der Waals surface area contributed by atoms with E-state index < -0.39 is 42.4 Å². The molecule has 0 fully saturated rings. The number of hydrogen-bond donors (Lipinski definition) is 0. The molecule has 0 radical (unpaired) electrons. The second kappa shape index (κ2) is 44.6. The van der Waals surface area contributed by atoms with Crippen LogP contribution in [0.25, 0.3) is 0 Å². The largest absolute Gasteiger partial charge is 0.490 e. The van der Waals surface area contributed by atoms with Crippen LogP contribution in [0.15, 0.2) is 336 Å². The molecule has 19 rings (SSSR count). The summed E-state index contributed by atoms with van der Waals surface area (Å²) < 4.78 is 61.0. The van der Waals surface area contributed by atoms with Gasteiger partial charge in [0.2, 0.25) is 0 Å². The molecule has 8 bridgehead atoms. The molecule has 16 nitrogen and oxygen atoms in total. The Kier molecular flexibility index (Phi) is 33.0. The van der Waals surface area contributed by atoms with Crippen LogP contribution in [-0.4, -0.2) is 72.2 Å². The third-order valence-electron chi connectivity index (χ3n) is 20.0. The number of hydrazone groups is 4. The summed E-state index contributed by atoms with van der Waals surface area (Å²) in [5, 5.41) is 27.0. The lowest BCUT2D eigenvalue weighted by atomic mass is 10.1. The molecule has 0 aliphatic carbocycles. The van der Waals surface area contributed by atoms with Crippen LogP contribution >= 0.6 is 42.4 Å². The zero-order valence-electron chi connectivity index (χ0n) is 69.4. The summed E-state index contributed by atoms with van der Waals surface area (Å²) in [6.45, 7) is -9.68. The quantitative estimate of drug-likeness (QED) is 0.0339. The average Bonchev–Trinajstić information content (AvgIpc) is 0.814. The van der Waals surface area contributed by atoms with Gasteiger partial charge in [-0.25, -0.2) is 19.1 Å². The van der Waals surface area contributed by atoms with E-state index in [0.29, 0.717) is 46.0 Å². The number of unbranched alkanes of at least 4 members (excludes halogenated alkanes) is 10. The highest BCUT2D eigenvalue weighted by molar-refractivity contribution is 8.10. The van der Waals surface area contributed by atoms with Crippen LogP contribution in [0.3, 0.4) is 0 Å². The normalized spacial score (nSPS) is 17.7. The van der Waals surface area contributed by atoms with Crippen LogP contribution in [0.1, 0.15) is 124 Å². The lowest BCUT2D eigenvalue weighted by Crippen LogP contribution is -2.24. The van der Waals surface area contributed by atoms with Gasteiger partial charge < -0.3 is 36.2 Å². The first-order chi connectivity index (χ1) is 59.4. The molecule has 0 N–H and O–H groups in total. The molecule has 26 heteroatoms. The van der Waals surface area contributed by atoms with Crippen LogP contribution in [0.2, 0.25) is 0 Å². The van der Waals surface area contributed by atoms with Crippen molar-refractivity contribution in [2.24, 2.45) is 20.4 Å². The minimum absolute atomic E-state index is 0.406. The first kappa shape index (κ1) is 90.1. The Hall–Kier alpha value is -9.62. The van der Waals surface area contributed by atoms with Crippen molar-refractivity contribution in [2.45, 2.75) is 104 Å². The fourth-order valence-electron chi connectivity index (χ4n) is 13.3. The molecule has 0 saturated carbocycles. The van der Waals surface area contributed by atoms with E-state index in [4.69, 9.17) is 104 Å². The van der Waals surface area contributed by atoms with Crippen molar-refractivity contribution in [2.75, 3.05) is 28.2 Å². The molecule has 7 aliphatic rings. The number of benzene rings is 12. The molecule has 12 aromatic rings. The number of nitrogens with zero attached hydrogens (tertiary/aromatic N) is 8. The average molecular weight is 1810 g/mol. The fraction of sp³-hybridized carbons (Fsp3) is 0.208. The number of aryl methyl sites for hydroxylation is 2. The van der Waals surface area contributed by atoms with Gasteiger partial charge in [-0.15, -0.1) is 0 Å². The summed E-state index contributed by atoms with van der Waals surface area (Å²) in [7, 11) is 5.40. The van der Waals surface area contributed by atoms with Crippen LogP contribution < -0.4 is 68.0 Å². The molecule has 0 amide bonds. The standard InChI is InChI=1S/C96H102N8O8P6S4/c1-7-9-11-13-15-21-31-77-41-53-83(54-42-77)105-115(119)101(3)97-73-79-45-57-85(58-46-79)107-117(121,111-89-65-69-95(70-66-89)113(91-33-23-17-24-34-91)92-35-25-18-26-36-92)109-87-61-49-81(50-62-87)75-99-103(5)116(120,106-84-55-43-78(44-56-84)32-22-16-14-12-10-8-2)104(6)100-76-82-51-63-88(64-52-82)110-118(122,108-86-59-47-80(48-60-86)74-98-102(115)4)112-90-67-71-96(72-68-90)114(93-37-27-19-28-38-93)94-39-29-20-30-40-94/h17-20,23-30,33-76H,7-16,21-22,31-32H2,1-6H3. The van der Waals surface area contributed by atoms with Gasteiger partial charge in [-0.05, 0) is 276 Å². The highest BCUT2D eigenvalue weighted by Crippen LogP contribution is 2.56. The third kappa shape index (κ3) is 25.8. The Bertz CT molecular complexity index is 5040. The third-order valence-corrected chi connectivity index (χ3v) is 36.3. The van der Waals surface area contributed by atoms with Crippen LogP contribution in [0.5, 0.6) is 46.0 Å². The van der Waals surface area contributed by atoms with Crippen molar-refractivity contribution < 1.29 is 36.2 Å². The minimum Gasteiger partial charge on any atom is -0.432 e. The van der Waals surface area contributed by atoms with Gasteiger partial charge in [0.15, 0.2) is 0 Å². The number of hydrogen-bond acceptors (Lipinski definition) is 16. The SMILES string of the molecule is CCCCCCCCc1ccc(OP2(=S)N(C)N=Cc3ccc(cc3)OP(=S)(Oc3ccc(P(c4ccccc4)c4ccccc4)cc3)Oc3ccc(cc3)C=NN(C)P(=S)(Oc3ccc(CCCCCCCC)cc3)N(C)N=Cc3ccc(cc3)OP(=S)(Oc3ccc(P(c4ccccc4)c4ccccc4)cc3)Oc3ccc(cc3)C=NN2C)cc1. The second-order valence-corrected chi connectivity index (χ2v) is 46.6. The summed E-state index contributed by atoms with van der Waals surface area (Å²) in [6.07, 6.45) is 23.4. The number of rotatable bonds is 28. The van der Waals surface area contributed by atoms with Gasteiger partial charge in [-0.2, -0.15) is 20.4 Å². The molecule has 122 heavy (non-hydrogen) atoms. The predicted molar refractivity (Wildman–Crippen MR) is 527 cm³/mol. The first-order valence-corrected chi connectivity index (χ1v) is 54.1. The smallest absolute Gasteiger partial charge is 0.432 e. The molecule has 628 valence electrons. The Morgan fingerprint density at radius 1 is 0.262 bits per heavy atom. The van der Waals surface area contributed by atoms with Gasteiger partial charge >= 0.3 is 26.6 Å². The minimum atomic E-state index is -3.75. The second-order valence-electron chi connectivity index (χ2n) is 29.1.